The first-order valence-electron chi connectivity index (χ1n) is 10.6. The molecule has 36 heavy (non-hydrogen) atoms. The highest BCUT2D eigenvalue weighted by molar-refractivity contribution is 14.1. The van der Waals surface area contributed by atoms with E-state index < -0.39 is 17.8 Å². The minimum atomic E-state index is -0.837. The van der Waals surface area contributed by atoms with Crippen molar-refractivity contribution in [2.45, 2.75) is 13.5 Å². The molecule has 0 spiro atoms. The SMILES string of the molecule is COc1cc(/C=C2\C(=O)NC(=O)N(c3cc(Cl)ccc3C)C2=O)cc(I)c1OCc1ccc(Br)cc1. The lowest BCUT2D eigenvalue weighted by Gasteiger charge is -2.27. The second kappa shape index (κ2) is 11.0. The van der Waals surface area contributed by atoms with Crippen molar-refractivity contribution >= 4 is 79.7 Å². The van der Waals surface area contributed by atoms with Crippen molar-refractivity contribution in [2.24, 2.45) is 0 Å². The summed E-state index contributed by atoms with van der Waals surface area (Å²) in [5.41, 5.74) is 2.26. The number of urea groups is 1. The van der Waals surface area contributed by atoms with Gasteiger partial charge >= 0.3 is 6.03 Å². The highest BCUT2D eigenvalue weighted by Crippen LogP contribution is 2.36. The predicted octanol–water partition coefficient (Wildman–Crippen LogP) is 6.27. The molecule has 1 fully saturated rings. The molecule has 4 amide bonds. The molecular weight excluding hydrogens is 663 g/mol. The number of nitrogens with one attached hydrogen (secondary N) is 1. The molecule has 0 radical (unpaired) electrons. The molecule has 1 saturated heterocycles. The van der Waals surface area contributed by atoms with E-state index in [0.717, 1.165) is 18.5 Å². The molecule has 10 heteroatoms. The molecule has 3 aromatic carbocycles. The molecule has 0 aliphatic carbocycles. The van der Waals surface area contributed by atoms with E-state index in [4.69, 9.17) is 21.1 Å². The maximum absolute atomic E-state index is 13.3. The lowest BCUT2D eigenvalue weighted by Crippen LogP contribution is -2.54. The molecule has 1 aliphatic heterocycles. The lowest BCUT2D eigenvalue weighted by molar-refractivity contribution is -0.122. The Labute approximate surface area is 234 Å². The van der Waals surface area contributed by atoms with Gasteiger partial charge in [0.1, 0.15) is 12.2 Å². The van der Waals surface area contributed by atoms with Crippen LogP contribution in [-0.2, 0) is 16.2 Å². The fraction of sp³-hybridized carbons (Fsp3) is 0.115. The fourth-order valence-electron chi connectivity index (χ4n) is 3.57. The van der Waals surface area contributed by atoms with Gasteiger partial charge in [0.25, 0.3) is 11.8 Å². The average molecular weight is 682 g/mol. The Bertz CT molecular complexity index is 1410. The summed E-state index contributed by atoms with van der Waals surface area (Å²) < 4.78 is 13.2. The summed E-state index contributed by atoms with van der Waals surface area (Å²) in [5, 5.41) is 2.58. The smallest absolute Gasteiger partial charge is 0.335 e. The monoisotopic (exact) mass is 680 g/mol. The van der Waals surface area contributed by atoms with Gasteiger partial charge < -0.3 is 9.47 Å². The highest BCUT2D eigenvalue weighted by atomic mass is 127. The number of halogens is 3. The van der Waals surface area contributed by atoms with Gasteiger partial charge in [-0.2, -0.15) is 0 Å². The Morgan fingerprint density at radius 3 is 2.50 bits per heavy atom. The molecule has 1 N–H and O–H groups in total. The number of hydrogen-bond acceptors (Lipinski definition) is 5. The molecule has 1 aliphatic rings. The number of rotatable bonds is 6. The summed E-state index contributed by atoms with van der Waals surface area (Å²) >= 11 is 11.6. The standard InChI is InChI=1S/C26H19BrClIN2O5/c1-14-3-8-18(28)12-21(14)31-25(33)19(24(32)30-26(31)34)9-16-10-20(29)23(22(11-16)35-2)36-13-15-4-6-17(27)7-5-15/h3-12H,13H2,1-2H3,(H,30,32,34)/b19-9+. The van der Waals surface area contributed by atoms with E-state index in [-0.39, 0.29) is 5.57 Å². The first-order chi connectivity index (χ1) is 17.2. The average Bonchev–Trinajstić information content (AvgIpc) is 2.84. The Morgan fingerprint density at radius 2 is 1.81 bits per heavy atom. The van der Waals surface area contributed by atoms with Crippen molar-refractivity contribution in [3.05, 3.63) is 89.9 Å². The van der Waals surface area contributed by atoms with Gasteiger partial charge in [0.15, 0.2) is 11.5 Å². The molecule has 0 bridgehead atoms. The summed E-state index contributed by atoms with van der Waals surface area (Å²) in [5.74, 6) is -0.564. The molecule has 3 aromatic rings. The molecular formula is C26H19BrClIN2O5. The minimum absolute atomic E-state index is 0.199. The van der Waals surface area contributed by atoms with Crippen LogP contribution in [0.15, 0.2) is 64.6 Å². The first-order valence-corrected chi connectivity index (χ1v) is 12.9. The van der Waals surface area contributed by atoms with Crippen molar-refractivity contribution in [1.29, 1.82) is 0 Å². The van der Waals surface area contributed by atoms with Gasteiger partial charge in [0.05, 0.1) is 16.4 Å². The number of benzene rings is 3. The zero-order valence-corrected chi connectivity index (χ0v) is 23.6. The molecule has 184 valence electrons. The third kappa shape index (κ3) is 5.58. The minimum Gasteiger partial charge on any atom is -0.493 e. The van der Waals surface area contributed by atoms with E-state index in [0.29, 0.717) is 39.9 Å². The third-order valence-electron chi connectivity index (χ3n) is 5.37. The maximum atomic E-state index is 13.3. The normalized spacial score (nSPS) is 14.8. The van der Waals surface area contributed by atoms with E-state index >= 15 is 0 Å². The van der Waals surface area contributed by atoms with Crippen LogP contribution < -0.4 is 19.7 Å². The summed E-state index contributed by atoms with van der Waals surface area (Å²) in [6.45, 7) is 2.07. The summed E-state index contributed by atoms with van der Waals surface area (Å²) in [7, 11) is 1.51. The number of methoxy groups -OCH3 is 1. The molecule has 0 saturated carbocycles. The molecule has 4 rings (SSSR count). The molecule has 1 heterocycles. The van der Waals surface area contributed by atoms with Crippen LogP contribution in [-0.4, -0.2) is 25.0 Å². The quantitative estimate of drug-likeness (QED) is 0.189. The van der Waals surface area contributed by atoms with Crippen molar-refractivity contribution in [3.63, 3.8) is 0 Å². The van der Waals surface area contributed by atoms with E-state index in [1.54, 1.807) is 31.2 Å². The summed E-state index contributed by atoms with van der Waals surface area (Å²) in [6.07, 6.45) is 1.42. The van der Waals surface area contributed by atoms with Crippen molar-refractivity contribution in [2.75, 3.05) is 12.0 Å². The molecule has 0 unspecified atom stereocenters. The zero-order chi connectivity index (χ0) is 26.0. The summed E-state index contributed by atoms with van der Waals surface area (Å²) in [6, 6.07) is 15.2. The largest absolute Gasteiger partial charge is 0.493 e. The van der Waals surface area contributed by atoms with Crippen LogP contribution in [0, 0.1) is 10.5 Å². The van der Waals surface area contributed by atoms with Crippen LogP contribution in [0.1, 0.15) is 16.7 Å². The van der Waals surface area contributed by atoms with E-state index in [9.17, 15) is 14.4 Å². The van der Waals surface area contributed by atoms with E-state index in [2.05, 4.69) is 43.8 Å². The van der Waals surface area contributed by atoms with Gasteiger partial charge in [-0.25, -0.2) is 9.69 Å². The highest BCUT2D eigenvalue weighted by Gasteiger charge is 2.37. The van der Waals surface area contributed by atoms with Gasteiger partial charge in [0, 0.05) is 9.50 Å². The number of nitrogens with zero attached hydrogens (tertiary/aromatic N) is 1. The van der Waals surface area contributed by atoms with Gasteiger partial charge in [-0.3, -0.25) is 14.9 Å². The second-order valence-corrected chi connectivity index (χ2v) is 10.4. The number of anilines is 1. The number of carbonyl (C=O) groups is 3. The number of imide groups is 2. The van der Waals surface area contributed by atoms with Gasteiger partial charge in [-0.05, 0) is 88.7 Å². The number of ether oxygens (including phenoxy) is 2. The van der Waals surface area contributed by atoms with Crippen LogP contribution >= 0.6 is 50.1 Å². The summed E-state index contributed by atoms with van der Waals surface area (Å²) in [4.78, 5) is 39.3. The Morgan fingerprint density at radius 1 is 1.08 bits per heavy atom. The number of amides is 4. The fourth-order valence-corrected chi connectivity index (χ4v) is 4.78. The Kier molecular flexibility index (Phi) is 8.01. The number of aryl methyl sites for hydroxylation is 1. The number of carbonyl (C=O) groups excluding carboxylic acids is 3. The number of hydrogen-bond donors (Lipinski definition) is 1. The second-order valence-electron chi connectivity index (χ2n) is 7.84. The lowest BCUT2D eigenvalue weighted by atomic mass is 10.1. The van der Waals surface area contributed by atoms with Gasteiger partial charge in [-0.15, -0.1) is 0 Å². The van der Waals surface area contributed by atoms with Gasteiger partial charge in [-0.1, -0.05) is 45.7 Å². The Hall–Kier alpha value is -2.89. The van der Waals surface area contributed by atoms with E-state index in [1.165, 1.54) is 19.3 Å². The number of barbiturate groups is 1. The molecule has 0 atom stereocenters. The molecule has 0 aromatic heterocycles. The van der Waals surface area contributed by atoms with Crippen molar-refractivity contribution in [1.82, 2.24) is 5.32 Å². The first kappa shape index (κ1) is 26.2. The Balaban J connectivity index is 1.66. The topological polar surface area (TPSA) is 84.9 Å². The van der Waals surface area contributed by atoms with Crippen LogP contribution in [0.4, 0.5) is 10.5 Å². The maximum Gasteiger partial charge on any atom is 0.335 e. The zero-order valence-electron chi connectivity index (χ0n) is 19.1. The predicted molar refractivity (Wildman–Crippen MR) is 149 cm³/mol. The van der Waals surface area contributed by atoms with Crippen molar-refractivity contribution < 1.29 is 23.9 Å². The van der Waals surface area contributed by atoms with Crippen LogP contribution in [0.5, 0.6) is 11.5 Å². The van der Waals surface area contributed by atoms with E-state index in [1.807, 2.05) is 24.3 Å². The molecule has 7 nitrogen and oxygen atoms in total. The van der Waals surface area contributed by atoms with Crippen LogP contribution in [0.3, 0.4) is 0 Å². The third-order valence-corrected chi connectivity index (χ3v) is 6.94. The van der Waals surface area contributed by atoms with Crippen LogP contribution in [0.25, 0.3) is 6.08 Å². The van der Waals surface area contributed by atoms with Crippen molar-refractivity contribution in [3.8, 4) is 11.5 Å². The van der Waals surface area contributed by atoms with Crippen LogP contribution in [0.2, 0.25) is 5.02 Å². The van der Waals surface area contributed by atoms with Gasteiger partial charge in [0.2, 0.25) is 0 Å².